The van der Waals surface area contributed by atoms with Gasteiger partial charge in [0.05, 0.1) is 0 Å². The Morgan fingerprint density at radius 2 is 2.40 bits per heavy atom. The first-order valence-corrected chi connectivity index (χ1v) is 3.24. The van der Waals surface area contributed by atoms with Crippen molar-refractivity contribution in [1.29, 1.82) is 0 Å². The Morgan fingerprint density at radius 1 is 1.50 bits per heavy atom. The molecule has 1 radical (unpaired) electrons. The van der Waals surface area contributed by atoms with Crippen molar-refractivity contribution < 1.29 is 32.7 Å². The molecule has 0 N–H and O–H groups in total. The minimum absolute atomic E-state index is 0. The van der Waals surface area contributed by atoms with Gasteiger partial charge in [-0.3, -0.25) is 0 Å². The molecule has 0 saturated heterocycles. The summed E-state index contributed by atoms with van der Waals surface area (Å²) in [4.78, 5) is 4.23. The van der Waals surface area contributed by atoms with Gasteiger partial charge in [0.15, 0.2) is 0 Å². The number of rotatable bonds is 0. The third-order valence-electron chi connectivity index (χ3n) is 1.67. The van der Waals surface area contributed by atoms with E-state index in [1.807, 2.05) is 12.3 Å². The zero-order valence-corrected chi connectivity index (χ0v) is 8.59. The van der Waals surface area contributed by atoms with Crippen molar-refractivity contribution >= 4 is 0 Å². The Bertz CT molecular complexity index is 199. The molecule has 1 aromatic rings. The summed E-state index contributed by atoms with van der Waals surface area (Å²) in [6, 6.07) is 4.11. The molecule has 1 heterocycles. The van der Waals surface area contributed by atoms with Crippen LogP contribution in [0.5, 0.6) is 0 Å². The summed E-state index contributed by atoms with van der Waals surface area (Å²) in [5.74, 6) is 0. The van der Waals surface area contributed by atoms with Gasteiger partial charge < -0.3 is 4.98 Å². The second-order valence-electron chi connectivity index (χ2n) is 2.28. The monoisotopic (exact) mass is 207 g/mol. The van der Waals surface area contributed by atoms with E-state index in [1.54, 1.807) is 0 Å². The molecule has 1 nitrogen and oxygen atoms in total. The van der Waals surface area contributed by atoms with Crippen molar-refractivity contribution in [3.63, 3.8) is 0 Å². The molecular weight excluding hydrogens is 199 g/mol. The fraction of sp³-hybridized carbons (Fsp3) is 0.250. The molecule has 1 aliphatic carbocycles. The second-order valence-corrected chi connectivity index (χ2v) is 2.28. The summed E-state index contributed by atoms with van der Waals surface area (Å²) in [5, 5.41) is 0. The van der Waals surface area contributed by atoms with Crippen LogP contribution in [0.25, 0.3) is 0 Å². The van der Waals surface area contributed by atoms with Crippen molar-refractivity contribution in [2.24, 2.45) is 0 Å². The molecule has 0 aliphatic heterocycles. The summed E-state index contributed by atoms with van der Waals surface area (Å²) >= 11 is 0. The molecule has 0 fully saturated rings. The van der Waals surface area contributed by atoms with Gasteiger partial charge in [-0.05, 0) is 6.20 Å². The number of nitrogens with zero attached hydrogens (tertiary/aromatic N) is 1. The third kappa shape index (κ3) is 1.41. The molecule has 0 saturated carbocycles. The van der Waals surface area contributed by atoms with Crippen molar-refractivity contribution in [1.82, 2.24) is 4.98 Å². The summed E-state index contributed by atoms with van der Waals surface area (Å²) in [6.45, 7) is 0. The molecule has 1 aromatic heterocycles. The van der Waals surface area contributed by atoms with Crippen molar-refractivity contribution in [3.8, 4) is 0 Å². The van der Waals surface area contributed by atoms with E-state index in [1.165, 1.54) is 17.7 Å². The van der Waals surface area contributed by atoms with Gasteiger partial charge in [0.25, 0.3) is 0 Å². The van der Waals surface area contributed by atoms with Crippen molar-refractivity contribution in [2.75, 3.05) is 0 Å². The number of fused-ring (bicyclic) bond motifs is 1. The van der Waals surface area contributed by atoms with E-state index < -0.39 is 0 Å². The predicted octanol–water partition coefficient (Wildman–Crippen LogP) is 1.58. The number of hydrogen-bond acceptors (Lipinski definition) is 1. The quantitative estimate of drug-likeness (QED) is 0.588. The molecule has 0 bridgehead atoms. The number of aromatic nitrogens is 1. The SMILES string of the molecule is [Y].c1cnc2c(c1)[CH-]CC2. The molecule has 2 rings (SSSR count). The van der Waals surface area contributed by atoms with E-state index in [2.05, 4.69) is 17.5 Å². The van der Waals surface area contributed by atoms with Crippen LogP contribution in [0.1, 0.15) is 17.7 Å². The van der Waals surface area contributed by atoms with E-state index in [-0.39, 0.29) is 32.7 Å². The average molecular weight is 207 g/mol. The van der Waals surface area contributed by atoms with Crippen LogP contribution in [-0.4, -0.2) is 4.98 Å². The predicted molar refractivity (Wildman–Crippen MR) is 36.0 cm³/mol. The zero-order chi connectivity index (χ0) is 6.10. The van der Waals surface area contributed by atoms with Crippen LogP contribution in [0.3, 0.4) is 0 Å². The van der Waals surface area contributed by atoms with Crippen LogP contribution in [0, 0.1) is 6.42 Å². The zero-order valence-electron chi connectivity index (χ0n) is 5.75. The van der Waals surface area contributed by atoms with Crippen LogP contribution in [-0.2, 0) is 39.1 Å². The van der Waals surface area contributed by atoms with Gasteiger partial charge in [0, 0.05) is 32.7 Å². The standard InChI is InChI=1S/C8H8N.Y/c1-3-7-4-2-6-9-8(7)5-1;/h2-4,6H,1,5H2;/q-1;. The fourth-order valence-electron chi connectivity index (χ4n) is 1.21. The first-order chi connectivity index (χ1) is 4.47. The molecule has 0 atom stereocenters. The van der Waals surface area contributed by atoms with Crippen LogP contribution >= 0.6 is 0 Å². The molecule has 1 aliphatic rings. The topological polar surface area (TPSA) is 12.9 Å². The van der Waals surface area contributed by atoms with Gasteiger partial charge in [0.2, 0.25) is 0 Å². The Kier molecular flexibility index (Phi) is 2.87. The number of hydrogen-bond donors (Lipinski definition) is 0. The van der Waals surface area contributed by atoms with Gasteiger partial charge in [-0.15, -0.1) is 6.07 Å². The third-order valence-corrected chi connectivity index (χ3v) is 1.67. The maximum absolute atomic E-state index is 4.23. The Labute approximate surface area is 86.1 Å². The maximum Gasteiger partial charge on any atom is 0 e. The van der Waals surface area contributed by atoms with E-state index in [9.17, 15) is 0 Å². The van der Waals surface area contributed by atoms with Crippen molar-refractivity contribution in [3.05, 3.63) is 36.0 Å². The molecule has 0 amide bonds. The summed E-state index contributed by atoms with van der Waals surface area (Å²) in [5.41, 5.74) is 2.59. The van der Waals surface area contributed by atoms with Gasteiger partial charge in [-0.2, -0.15) is 18.1 Å². The van der Waals surface area contributed by atoms with Crippen LogP contribution in [0.4, 0.5) is 0 Å². The van der Waals surface area contributed by atoms with Crippen molar-refractivity contribution in [2.45, 2.75) is 12.8 Å². The summed E-state index contributed by atoms with van der Waals surface area (Å²) in [6.07, 6.45) is 6.41. The van der Waals surface area contributed by atoms with E-state index in [0.29, 0.717) is 0 Å². The van der Waals surface area contributed by atoms with Gasteiger partial charge in [-0.25, -0.2) is 0 Å². The van der Waals surface area contributed by atoms with Gasteiger partial charge in [-0.1, -0.05) is 18.5 Å². The normalized spacial score (nSPS) is 13.2. The first-order valence-electron chi connectivity index (χ1n) is 3.24. The molecular formula is C8H8NY-. The van der Waals surface area contributed by atoms with Crippen LogP contribution < -0.4 is 0 Å². The molecule has 10 heavy (non-hydrogen) atoms. The Morgan fingerprint density at radius 3 is 3.20 bits per heavy atom. The number of pyridine rings is 1. The summed E-state index contributed by atoms with van der Waals surface area (Å²) < 4.78 is 0. The minimum Gasteiger partial charge on any atom is -0.326 e. The Balaban J connectivity index is 0.000000500. The molecule has 0 spiro atoms. The summed E-state index contributed by atoms with van der Waals surface area (Å²) in [7, 11) is 0. The maximum atomic E-state index is 4.23. The largest absolute Gasteiger partial charge is 0.326 e. The van der Waals surface area contributed by atoms with Crippen LogP contribution in [0.15, 0.2) is 18.3 Å². The Hall–Kier alpha value is 0.124. The van der Waals surface area contributed by atoms with Crippen LogP contribution in [0.2, 0.25) is 0 Å². The van der Waals surface area contributed by atoms with E-state index in [0.717, 1.165) is 6.42 Å². The number of aryl methyl sites for hydroxylation is 1. The molecule has 0 aromatic carbocycles. The second kappa shape index (κ2) is 3.50. The smallest absolute Gasteiger partial charge is 0 e. The molecule has 2 heteroatoms. The molecule has 49 valence electrons. The first kappa shape index (κ1) is 8.22. The average Bonchev–Trinajstić information content (AvgIpc) is 2.33. The van der Waals surface area contributed by atoms with E-state index in [4.69, 9.17) is 0 Å². The van der Waals surface area contributed by atoms with E-state index >= 15 is 0 Å². The minimum atomic E-state index is 0. The van der Waals surface area contributed by atoms with Gasteiger partial charge in [0.1, 0.15) is 0 Å². The fourth-order valence-corrected chi connectivity index (χ4v) is 1.21. The molecule has 0 unspecified atom stereocenters. The van der Waals surface area contributed by atoms with Gasteiger partial charge >= 0.3 is 0 Å².